The van der Waals surface area contributed by atoms with Crippen molar-refractivity contribution >= 4 is 28.4 Å². The van der Waals surface area contributed by atoms with Crippen molar-refractivity contribution in [3.8, 4) is 5.75 Å². The van der Waals surface area contributed by atoms with Crippen LogP contribution < -0.4 is 10.3 Å². The molecule has 0 spiro atoms. The van der Waals surface area contributed by atoms with Gasteiger partial charge in [0.05, 0.1) is 17.5 Å². The first-order valence-electron chi connectivity index (χ1n) is 9.87. The van der Waals surface area contributed by atoms with Crippen LogP contribution in [0.2, 0.25) is 0 Å². The predicted molar refractivity (Wildman–Crippen MR) is 118 cm³/mol. The zero-order valence-corrected chi connectivity index (χ0v) is 18.1. The number of para-hydroxylation sites is 1. The van der Waals surface area contributed by atoms with Gasteiger partial charge in [0, 0.05) is 22.9 Å². The Balaban J connectivity index is 2.03. The van der Waals surface area contributed by atoms with Crippen molar-refractivity contribution in [3.05, 3.63) is 63.9 Å². The summed E-state index contributed by atoms with van der Waals surface area (Å²) in [6.45, 7) is 8.12. The van der Waals surface area contributed by atoms with Gasteiger partial charge in [0.2, 0.25) is 0 Å². The van der Waals surface area contributed by atoms with Gasteiger partial charge in [-0.2, -0.15) is 0 Å². The Bertz CT molecular complexity index is 1090. The molecule has 0 N–H and O–H groups in total. The summed E-state index contributed by atoms with van der Waals surface area (Å²) in [5.74, 6) is 1.32. The Morgan fingerprint density at radius 1 is 1.21 bits per heavy atom. The molecular formula is C23H26N2O3S. The van der Waals surface area contributed by atoms with Crippen LogP contribution in [0, 0.1) is 0 Å². The summed E-state index contributed by atoms with van der Waals surface area (Å²) < 4.78 is 7.52. The molecule has 2 aromatic carbocycles. The number of nitrogens with zero attached hydrogens (tertiary/aromatic N) is 2. The van der Waals surface area contributed by atoms with Gasteiger partial charge in [0.25, 0.3) is 5.56 Å². The minimum absolute atomic E-state index is 0.0136. The number of carbonyl (C=O) groups is 1. The molecule has 6 heteroatoms. The fourth-order valence-electron chi connectivity index (χ4n) is 3.15. The normalized spacial score (nSPS) is 12.1. The first kappa shape index (κ1) is 21.1. The molecule has 0 radical (unpaired) electrons. The monoisotopic (exact) mass is 410 g/mol. The third kappa shape index (κ3) is 4.53. The third-order valence-corrected chi connectivity index (χ3v) is 5.93. The minimum atomic E-state index is -0.0185. The van der Waals surface area contributed by atoms with Gasteiger partial charge in [-0.3, -0.25) is 14.2 Å². The first-order valence-corrected chi connectivity index (χ1v) is 10.9. The van der Waals surface area contributed by atoms with E-state index in [-0.39, 0.29) is 17.4 Å². The maximum atomic E-state index is 13.1. The molecule has 1 aromatic heterocycles. The van der Waals surface area contributed by atoms with Crippen molar-refractivity contribution in [1.29, 1.82) is 0 Å². The summed E-state index contributed by atoms with van der Waals surface area (Å²) >= 11 is 1.49. The predicted octanol–water partition coefficient (Wildman–Crippen LogP) is 5.26. The maximum Gasteiger partial charge on any atom is 0.262 e. The van der Waals surface area contributed by atoms with Gasteiger partial charge in [0.15, 0.2) is 10.9 Å². The molecule has 0 fully saturated rings. The Morgan fingerprint density at radius 3 is 2.66 bits per heavy atom. The zero-order valence-electron chi connectivity index (χ0n) is 17.3. The van der Waals surface area contributed by atoms with Crippen LogP contribution in [-0.2, 0) is 5.75 Å². The second-order valence-electron chi connectivity index (χ2n) is 6.94. The standard InChI is InChI=1S/C23H26N2O3S/c1-5-15(3)25-22(27)19-9-7-8-10-20(19)24-23(25)29-14-18-13-17(16(4)26)11-12-21(18)28-6-2/h7-13,15H,5-6,14H2,1-4H3/t15-/m1/s1. The van der Waals surface area contributed by atoms with Crippen LogP contribution in [0.1, 0.15) is 56.1 Å². The number of aromatic nitrogens is 2. The number of carbonyl (C=O) groups excluding carboxylic acids is 1. The largest absolute Gasteiger partial charge is 0.494 e. The molecule has 3 rings (SSSR count). The van der Waals surface area contributed by atoms with Gasteiger partial charge >= 0.3 is 0 Å². The van der Waals surface area contributed by atoms with E-state index in [1.54, 1.807) is 17.6 Å². The average Bonchev–Trinajstić information content (AvgIpc) is 2.72. The van der Waals surface area contributed by atoms with Gasteiger partial charge < -0.3 is 4.74 Å². The van der Waals surface area contributed by atoms with E-state index in [1.807, 2.05) is 50.2 Å². The fourth-order valence-corrected chi connectivity index (χ4v) is 4.22. The van der Waals surface area contributed by atoms with Crippen molar-refractivity contribution in [2.24, 2.45) is 0 Å². The summed E-state index contributed by atoms with van der Waals surface area (Å²) in [5.41, 5.74) is 2.24. The molecule has 0 amide bonds. The lowest BCUT2D eigenvalue weighted by molar-refractivity contribution is 0.101. The SMILES string of the molecule is CCOc1ccc(C(C)=O)cc1CSc1nc2ccccc2c(=O)n1[C@H](C)CC. The van der Waals surface area contributed by atoms with E-state index >= 15 is 0 Å². The van der Waals surface area contributed by atoms with Crippen LogP contribution >= 0.6 is 11.8 Å². The second kappa shape index (κ2) is 9.27. The number of rotatable bonds is 8. The Hall–Kier alpha value is -2.60. The molecule has 0 saturated heterocycles. The second-order valence-corrected chi connectivity index (χ2v) is 7.89. The van der Waals surface area contributed by atoms with Crippen molar-refractivity contribution in [3.63, 3.8) is 0 Å². The molecule has 0 bridgehead atoms. The summed E-state index contributed by atoms with van der Waals surface area (Å²) in [7, 11) is 0. The highest BCUT2D eigenvalue weighted by Gasteiger charge is 2.17. The Morgan fingerprint density at radius 2 is 1.97 bits per heavy atom. The van der Waals surface area contributed by atoms with Crippen LogP contribution in [-0.4, -0.2) is 21.9 Å². The van der Waals surface area contributed by atoms with Gasteiger partial charge in [0.1, 0.15) is 5.75 Å². The number of hydrogen-bond donors (Lipinski definition) is 0. The zero-order chi connectivity index (χ0) is 21.0. The van der Waals surface area contributed by atoms with Crippen molar-refractivity contribution in [1.82, 2.24) is 9.55 Å². The topological polar surface area (TPSA) is 61.2 Å². The number of hydrogen-bond acceptors (Lipinski definition) is 5. The maximum absolute atomic E-state index is 13.1. The molecule has 0 aliphatic carbocycles. The van der Waals surface area contributed by atoms with Gasteiger partial charge in [-0.25, -0.2) is 4.98 Å². The van der Waals surface area contributed by atoms with E-state index in [2.05, 4.69) is 6.92 Å². The number of thioether (sulfide) groups is 1. The summed E-state index contributed by atoms with van der Waals surface area (Å²) in [5, 5.41) is 1.31. The number of ether oxygens (including phenoxy) is 1. The molecule has 152 valence electrons. The molecule has 0 saturated carbocycles. The number of fused-ring (bicyclic) bond motifs is 1. The molecule has 3 aromatic rings. The van der Waals surface area contributed by atoms with Crippen LogP contribution in [0.5, 0.6) is 5.75 Å². The lowest BCUT2D eigenvalue weighted by atomic mass is 10.1. The van der Waals surface area contributed by atoms with Gasteiger partial charge in [-0.1, -0.05) is 30.8 Å². The number of Topliss-reactive ketones (excluding diaryl/α,β-unsaturated/α-hetero) is 1. The number of benzene rings is 2. The van der Waals surface area contributed by atoms with Crippen LogP contribution in [0.15, 0.2) is 52.4 Å². The van der Waals surface area contributed by atoms with E-state index in [9.17, 15) is 9.59 Å². The lowest BCUT2D eigenvalue weighted by Gasteiger charge is -2.18. The molecule has 29 heavy (non-hydrogen) atoms. The number of ketones is 1. The minimum Gasteiger partial charge on any atom is -0.494 e. The molecular weight excluding hydrogens is 384 g/mol. The highest BCUT2D eigenvalue weighted by molar-refractivity contribution is 7.98. The van der Waals surface area contributed by atoms with Gasteiger partial charge in [-0.05, 0) is 57.5 Å². The quantitative estimate of drug-likeness (QED) is 0.288. The third-order valence-electron chi connectivity index (χ3n) is 4.93. The van der Waals surface area contributed by atoms with Crippen molar-refractivity contribution in [2.75, 3.05) is 6.61 Å². The molecule has 0 aliphatic rings. The molecule has 0 unspecified atom stereocenters. The van der Waals surface area contributed by atoms with E-state index in [0.29, 0.717) is 34.0 Å². The van der Waals surface area contributed by atoms with Crippen LogP contribution in [0.4, 0.5) is 0 Å². The summed E-state index contributed by atoms with van der Waals surface area (Å²) in [4.78, 5) is 29.7. The molecule has 5 nitrogen and oxygen atoms in total. The highest BCUT2D eigenvalue weighted by atomic mass is 32.2. The van der Waals surface area contributed by atoms with Crippen LogP contribution in [0.3, 0.4) is 0 Å². The van der Waals surface area contributed by atoms with Crippen molar-refractivity contribution < 1.29 is 9.53 Å². The summed E-state index contributed by atoms with van der Waals surface area (Å²) in [6, 6.07) is 13.0. The molecule has 1 atom stereocenters. The highest BCUT2D eigenvalue weighted by Crippen LogP contribution is 2.30. The summed E-state index contributed by atoms with van der Waals surface area (Å²) in [6.07, 6.45) is 0.831. The Kier molecular flexibility index (Phi) is 6.75. The average molecular weight is 411 g/mol. The molecule has 0 aliphatic heterocycles. The van der Waals surface area contributed by atoms with E-state index in [1.165, 1.54) is 11.8 Å². The van der Waals surface area contributed by atoms with Gasteiger partial charge in [-0.15, -0.1) is 0 Å². The van der Waals surface area contributed by atoms with E-state index < -0.39 is 0 Å². The van der Waals surface area contributed by atoms with E-state index in [0.717, 1.165) is 17.7 Å². The smallest absolute Gasteiger partial charge is 0.262 e. The molecule has 1 heterocycles. The Labute approximate surface area is 175 Å². The fraction of sp³-hybridized carbons (Fsp3) is 0.348. The first-order chi connectivity index (χ1) is 14.0. The lowest BCUT2D eigenvalue weighted by Crippen LogP contribution is -2.26. The van der Waals surface area contributed by atoms with Crippen LogP contribution in [0.25, 0.3) is 10.9 Å². The van der Waals surface area contributed by atoms with Crippen molar-refractivity contribution in [2.45, 2.75) is 51.1 Å². The van der Waals surface area contributed by atoms with E-state index in [4.69, 9.17) is 9.72 Å².